The molecule has 0 radical (unpaired) electrons. The maximum Gasteiger partial charge on any atom is 0.276 e. The van der Waals surface area contributed by atoms with Gasteiger partial charge in [0.2, 0.25) is 0 Å². The fourth-order valence-electron chi connectivity index (χ4n) is 5.29. The molecule has 3 aliphatic rings. The number of carbonyl (C=O) groups excluding carboxylic acids is 1. The topological polar surface area (TPSA) is 46.3 Å². The van der Waals surface area contributed by atoms with Gasteiger partial charge in [0.15, 0.2) is 5.69 Å². The number of amides is 1. The van der Waals surface area contributed by atoms with Crippen molar-refractivity contribution in [3.8, 4) is 0 Å². The van der Waals surface area contributed by atoms with Crippen molar-refractivity contribution in [3.63, 3.8) is 0 Å². The van der Waals surface area contributed by atoms with E-state index < -0.39 is 0 Å². The van der Waals surface area contributed by atoms with E-state index in [4.69, 9.17) is 4.52 Å². The van der Waals surface area contributed by atoms with Crippen LogP contribution in [-0.4, -0.2) is 28.0 Å². The number of hydrogen-bond donors (Lipinski definition) is 0. The summed E-state index contributed by atoms with van der Waals surface area (Å²) in [6, 6.07) is 9.65. The summed E-state index contributed by atoms with van der Waals surface area (Å²) < 4.78 is 5.49. The van der Waals surface area contributed by atoms with E-state index in [1.807, 2.05) is 0 Å². The van der Waals surface area contributed by atoms with Crippen LogP contribution >= 0.6 is 0 Å². The van der Waals surface area contributed by atoms with Gasteiger partial charge in [-0.1, -0.05) is 35.0 Å². The fraction of sp³-hybridized carbons (Fsp3) is 0.545. The number of aryl methyl sites for hydroxylation is 2. The molecule has 1 aromatic carbocycles. The van der Waals surface area contributed by atoms with E-state index in [-0.39, 0.29) is 5.91 Å². The molecule has 2 fully saturated rings. The number of aromatic nitrogens is 1. The summed E-state index contributed by atoms with van der Waals surface area (Å²) >= 11 is 0. The molecule has 2 atom stereocenters. The van der Waals surface area contributed by atoms with Gasteiger partial charge in [0.25, 0.3) is 5.91 Å². The summed E-state index contributed by atoms with van der Waals surface area (Å²) in [7, 11) is 0. The summed E-state index contributed by atoms with van der Waals surface area (Å²) in [6.45, 7) is 2.13. The molecular formula is C22H26N2O2. The zero-order chi connectivity index (χ0) is 17.7. The molecule has 3 heterocycles. The maximum absolute atomic E-state index is 13.3. The number of benzene rings is 1. The third kappa shape index (κ3) is 2.58. The number of fused-ring (bicyclic) bond motifs is 3. The van der Waals surface area contributed by atoms with Crippen LogP contribution in [0.5, 0.6) is 0 Å². The molecule has 0 spiro atoms. The van der Waals surface area contributed by atoms with Crippen LogP contribution < -0.4 is 0 Å². The van der Waals surface area contributed by atoms with E-state index in [1.54, 1.807) is 0 Å². The molecule has 1 amide bonds. The van der Waals surface area contributed by atoms with Crippen LogP contribution in [-0.2, 0) is 12.8 Å². The van der Waals surface area contributed by atoms with Gasteiger partial charge >= 0.3 is 0 Å². The Labute approximate surface area is 154 Å². The molecule has 0 N–H and O–H groups in total. The van der Waals surface area contributed by atoms with Gasteiger partial charge in [-0.2, -0.15) is 0 Å². The van der Waals surface area contributed by atoms with E-state index in [2.05, 4.69) is 41.2 Å². The third-order valence-electron chi connectivity index (χ3n) is 6.67. The number of rotatable bonds is 2. The van der Waals surface area contributed by atoms with Gasteiger partial charge in [0.1, 0.15) is 5.76 Å². The lowest BCUT2D eigenvalue weighted by Gasteiger charge is -2.39. The number of carbonyl (C=O) groups is 1. The van der Waals surface area contributed by atoms with Crippen molar-refractivity contribution in [1.29, 1.82) is 0 Å². The molecule has 4 heteroatoms. The SMILES string of the molecule is Cc1ccc(C2C[C@H]3CC[C@H](C2)N3C(=O)c2noc3c2CCCC3)cc1. The average Bonchev–Trinajstić information content (AvgIpc) is 3.20. The summed E-state index contributed by atoms with van der Waals surface area (Å²) in [5.41, 5.74) is 4.42. The van der Waals surface area contributed by atoms with Crippen LogP contribution in [0.3, 0.4) is 0 Å². The zero-order valence-electron chi connectivity index (χ0n) is 15.4. The Hall–Kier alpha value is -2.10. The zero-order valence-corrected chi connectivity index (χ0v) is 15.4. The molecule has 2 aliphatic heterocycles. The fourth-order valence-corrected chi connectivity index (χ4v) is 5.29. The van der Waals surface area contributed by atoms with Crippen molar-refractivity contribution in [2.24, 2.45) is 0 Å². The van der Waals surface area contributed by atoms with Crippen molar-refractivity contribution in [2.75, 3.05) is 0 Å². The Bertz CT molecular complexity index is 809. The Balaban J connectivity index is 1.38. The van der Waals surface area contributed by atoms with Gasteiger partial charge in [0.05, 0.1) is 0 Å². The molecule has 26 heavy (non-hydrogen) atoms. The van der Waals surface area contributed by atoms with Crippen molar-refractivity contribution in [2.45, 2.75) is 76.3 Å². The highest BCUT2D eigenvalue weighted by atomic mass is 16.5. The van der Waals surface area contributed by atoms with E-state index in [9.17, 15) is 4.79 Å². The first kappa shape index (κ1) is 16.1. The molecule has 1 aliphatic carbocycles. The summed E-state index contributed by atoms with van der Waals surface area (Å²) in [5, 5.41) is 4.19. The molecule has 2 saturated heterocycles. The second-order valence-corrected chi connectivity index (χ2v) is 8.32. The largest absolute Gasteiger partial charge is 0.360 e. The molecule has 4 nitrogen and oxygen atoms in total. The van der Waals surface area contributed by atoms with Crippen molar-refractivity contribution < 1.29 is 9.32 Å². The monoisotopic (exact) mass is 350 g/mol. The van der Waals surface area contributed by atoms with Crippen LogP contribution in [0.2, 0.25) is 0 Å². The van der Waals surface area contributed by atoms with E-state index in [1.165, 1.54) is 11.1 Å². The second kappa shape index (κ2) is 6.26. The number of nitrogens with zero attached hydrogens (tertiary/aromatic N) is 2. The molecule has 2 bridgehead atoms. The van der Waals surface area contributed by atoms with Crippen LogP contribution in [0.15, 0.2) is 28.8 Å². The third-order valence-corrected chi connectivity index (χ3v) is 6.67. The molecule has 0 unspecified atom stereocenters. The lowest BCUT2D eigenvalue weighted by atomic mass is 9.84. The number of piperidine rings is 1. The minimum atomic E-state index is 0.117. The molecule has 5 rings (SSSR count). The normalized spacial score (nSPS) is 27.4. The Morgan fingerprint density at radius 1 is 1.08 bits per heavy atom. The van der Waals surface area contributed by atoms with Crippen molar-refractivity contribution in [3.05, 3.63) is 52.4 Å². The molecule has 2 aromatic rings. The minimum absolute atomic E-state index is 0.117. The summed E-state index contributed by atoms with van der Waals surface area (Å²) in [6.07, 6.45) is 8.54. The minimum Gasteiger partial charge on any atom is -0.360 e. The summed E-state index contributed by atoms with van der Waals surface area (Å²) in [4.78, 5) is 15.4. The van der Waals surface area contributed by atoms with Gasteiger partial charge in [0, 0.05) is 24.1 Å². The Morgan fingerprint density at radius 2 is 1.77 bits per heavy atom. The highest BCUT2D eigenvalue weighted by Gasteiger charge is 2.45. The lowest BCUT2D eigenvalue weighted by Crippen LogP contribution is -2.46. The van der Waals surface area contributed by atoms with Crippen molar-refractivity contribution >= 4 is 5.91 Å². The maximum atomic E-state index is 13.3. The van der Waals surface area contributed by atoms with Crippen molar-refractivity contribution in [1.82, 2.24) is 10.1 Å². The Kier molecular flexibility index (Phi) is 3.87. The molecule has 1 aromatic heterocycles. The average molecular weight is 350 g/mol. The molecule has 136 valence electrons. The first-order valence-corrected chi connectivity index (χ1v) is 10.1. The van der Waals surface area contributed by atoms with Crippen LogP contribution in [0.25, 0.3) is 0 Å². The first-order valence-electron chi connectivity index (χ1n) is 10.1. The second-order valence-electron chi connectivity index (χ2n) is 8.32. The van der Waals surface area contributed by atoms with E-state index >= 15 is 0 Å². The Morgan fingerprint density at radius 3 is 2.50 bits per heavy atom. The van der Waals surface area contributed by atoms with Crippen LogP contribution in [0.1, 0.15) is 77.4 Å². The van der Waals surface area contributed by atoms with Crippen LogP contribution in [0.4, 0.5) is 0 Å². The number of hydrogen-bond acceptors (Lipinski definition) is 3. The smallest absolute Gasteiger partial charge is 0.276 e. The summed E-state index contributed by atoms with van der Waals surface area (Å²) in [5.74, 6) is 1.64. The standard InChI is InChI=1S/C22H26N2O2/c1-14-6-8-15(9-7-14)16-12-17-10-11-18(13-16)24(17)22(25)21-19-4-2-3-5-20(19)26-23-21/h6-9,16-18H,2-5,10-13H2,1H3/t17-,18-/m1/s1. The van der Waals surface area contributed by atoms with Gasteiger partial charge in [-0.25, -0.2) is 0 Å². The molecular weight excluding hydrogens is 324 g/mol. The highest BCUT2D eigenvalue weighted by molar-refractivity contribution is 5.94. The molecule has 0 saturated carbocycles. The van der Waals surface area contributed by atoms with Gasteiger partial charge in [-0.15, -0.1) is 0 Å². The predicted octanol–water partition coefficient (Wildman–Crippen LogP) is 4.41. The van der Waals surface area contributed by atoms with E-state index in [0.717, 1.165) is 62.7 Å². The van der Waals surface area contributed by atoms with E-state index in [0.29, 0.717) is 23.7 Å². The lowest BCUT2D eigenvalue weighted by molar-refractivity contribution is 0.0560. The first-order chi connectivity index (χ1) is 12.7. The van der Waals surface area contributed by atoms with Crippen LogP contribution in [0, 0.1) is 6.92 Å². The quantitative estimate of drug-likeness (QED) is 0.806. The van der Waals surface area contributed by atoms with Gasteiger partial charge in [-0.05, 0) is 63.4 Å². The highest BCUT2D eigenvalue weighted by Crippen LogP contribution is 2.44. The van der Waals surface area contributed by atoms with Gasteiger partial charge in [-0.3, -0.25) is 4.79 Å². The van der Waals surface area contributed by atoms with Gasteiger partial charge < -0.3 is 9.42 Å². The predicted molar refractivity (Wildman–Crippen MR) is 99.3 cm³/mol.